The number of carbonyl (C=O) groups is 1. The predicted molar refractivity (Wildman–Crippen MR) is 93.2 cm³/mol. The summed E-state index contributed by atoms with van der Waals surface area (Å²) in [6.07, 6.45) is -2.70. The molecule has 1 amide bonds. The van der Waals surface area contributed by atoms with Crippen molar-refractivity contribution in [2.24, 2.45) is 0 Å². The lowest BCUT2D eigenvalue weighted by atomic mass is 9.87. The average molecular weight is 395 g/mol. The maximum atomic E-state index is 12.9. The molecule has 28 heavy (non-hydrogen) atoms. The van der Waals surface area contributed by atoms with Gasteiger partial charge < -0.3 is 10.2 Å². The highest BCUT2D eigenvalue weighted by Crippen LogP contribution is 2.35. The Bertz CT molecular complexity index is 861. The number of rotatable bonds is 4. The fraction of sp³-hybridized carbons (Fsp3) is 0.389. The van der Waals surface area contributed by atoms with Gasteiger partial charge in [-0.15, -0.1) is 0 Å². The van der Waals surface area contributed by atoms with Crippen LogP contribution in [0, 0.1) is 5.82 Å². The van der Waals surface area contributed by atoms with E-state index >= 15 is 0 Å². The predicted octanol–water partition coefficient (Wildman–Crippen LogP) is 2.54. The molecule has 3 fully saturated rings. The molecule has 3 saturated heterocycles. The van der Waals surface area contributed by atoms with Crippen molar-refractivity contribution in [2.75, 3.05) is 29.9 Å². The summed E-state index contributed by atoms with van der Waals surface area (Å²) in [6.45, 7) is 1.17. The van der Waals surface area contributed by atoms with Crippen LogP contribution in [0.4, 0.5) is 29.1 Å². The third-order valence-electron chi connectivity index (χ3n) is 5.07. The van der Waals surface area contributed by atoms with E-state index in [0.29, 0.717) is 18.8 Å². The Hall–Kier alpha value is -2.75. The van der Waals surface area contributed by atoms with Gasteiger partial charge in [0.05, 0.1) is 6.54 Å². The summed E-state index contributed by atoms with van der Waals surface area (Å²) in [5, 5.41) is 2.72. The maximum Gasteiger partial charge on any atom is 0.433 e. The van der Waals surface area contributed by atoms with Crippen LogP contribution >= 0.6 is 0 Å². The first-order valence-electron chi connectivity index (χ1n) is 8.75. The van der Waals surface area contributed by atoms with Crippen LogP contribution < -0.4 is 10.2 Å². The van der Waals surface area contributed by atoms with E-state index in [4.69, 9.17) is 0 Å². The lowest BCUT2D eigenvalue weighted by Gasteiger charge is -2.56. The molecule has 10 heteroatoms. The van der Waals surface area contributed by atoms with Gasteiger partial charge in [0.1, 0.15) is 23.7 Å². The van der Waals surface area contributed by atoms with E-state index in [1.807, 2.05) is 4.90 Å². The van der Waals surface area contributed by atoms with Crippen molar-refractivity contribution >= 4 is 17.4 Å². The number of nitrogens with zero attached hydrogens (tertiary/aromatic N) is 4. The van der Waals surface area contributed by atoms with Crippen molar-refractivity contribution < 1.29 is 22.4 Å². The summed E-state index contributed by atoms with van der Waals surface area (Å²) in [6, 6.07) is 6.60. The van der Waals surface area contributed by atoms with E-state index in [1.54, 1.807) is 4.90 Å². The molecule has 0 aliphatic carbocycles. The van der Waals surface area contributed by atoms with Crippen LogP contribution in [0.5, 0.6) is 0 Å². The molecule has 0 radical (unpaired) electrons. The van der Waals surface area contributed by atoms with Crippen molar-refractivity contribution in [2.45, 2.75) is 24.7 Å². The van der Waals surface area contributed by atoms with Gasteiger partial charge in [-0.05, 0) is 30.7 Å². The molecule has 1 aromatic heterocycles. The number of anilines is 2. The van der Waals surface area contributed by atoms with Gasteiger partial charge in [0.15, 0.2) is 0 Å². The molecule has 2 atom stereocenters. The van der Waals surface area contributed by atoms with Crippen molar-refractivity contribution in [1.82, 2.24) is 14.9 Å². The summed E-state index contributed by atoms with van der Waals surface area (Å²) >= 11 is 0. The smallest absolute Gasteiger partial charge is 0.353 e. The fourth-order valence-electron chi connectivity index (χ4n) is 3.71. The van der Waals surface area contributed by atoms with Crippen molar-refractivity contribution in [3.63, 3.8) is 0 Å². The molecule has 1 N–H and O–H groups in total. The summed E-state index contributed by atoms with van der Waals surface area (Å²) in [5.41, 5.74) is -0.452. The van der Waals surface area contributed by atoms with Gasteiger partial charge >= 0.3 is 6.18 Å². The molecular formula is C18H17F4N5O. The molecule has 3 aliphatic rings. The topological polar surface area (TPSA) is 61.4 Å². The zero-order valence-electron chi connectivity index (χ0n) is 14.7. The number of aromatic nitrogens is 2. The Labute approximate surface area is 158 Å². The molecular weight excluding hydrogens is 378 g/mol. The van der Waals surface area contributed by atoms with Gasteiger partial charge in [-0.25, -0.2) is 14.4 Å². The third-order valence-corrected chi connectivity index (χ3v) is 5.07. The molecule has 0 saturated carbocycles. The number of amides is 1. The number of piperidine rings is 1. The Balaban J connectivity index is 1.35. The third kappa shape index (κ3) is 3.77. The molecule has 148 valence electrons. The molecule has 4 heterocycles. The van der Waals surface area contributed by atoms with Gasteiger partial charge in [0.25, 0.3) is 0 Å². The number of alkyl halides is 3. The molecule has 2 unspecified atom stereocenters. The number of fused-ring (bicyclic) bond motifs is 2. The number of piperazine rings is 1. The van der Waals surface area contributed by atoms with E-state index in [2.05, 4.69) is 15.3 Å². The molecule has 2 bridgehead atoms. The van der Waals surface area contributed by atoms with Crippen molar-refractivity contribution in [3.8, 4) is 0 Å². The number of nitrogens with one attached hydrogen (secondary N) is 1. The second kappa shape index (κ2) is 7.01. The minimum Gasteiger partial charge on any atom is -0.353 e. The van der Waals surface area contributed by atoms with Crippen molar-refractivity contribution in [1.29, 1.82) is 0 Å². The molecule has 2 aromatic rings. The first kappa shape index (κ1) is 18.6. The summed E-state index contributed by atoms with van der Waals surface area (Å²) in [7, 11) is 0. The van der Waals surface area contributed by atoms with Gasteiger partial charge in [-0.3, -0.25) is 9.69 Å². The van der Waals surface area contributed by atoms with Crippen LogP contribution in [0.25, 0.3) is 0 Å². The second-order valence-electron chi connectivity index (χ2n) is 6.93. The van der Waals surface area contributed by atoms with Crippen LogP contribution in [0.15, 0.2) is 36.7 Å². The first-order valence-corrected chi connectivity index (χ1v) is 8.75. The first-order chi connectivity index (χ1) is 13.3. The highest BCUT2D eigenvalue weighted by Gasteiger charge is 2.45. The number of benzene rings is 1. The van der Waals surface area contributed by atoms with Crippen LogP contribution in [0.2, 0.25) is 0 Å². The second-order valence-corrected chi connectivity index (χ2v) is 6.93. The van der Waals surface area contributed by atoms with Gasteiger partial charge in [-0.1, -0.05) is 0 Å². The normalized spacial score (nSPS) is 21.9. The van der Waals surface area contributed by atoms with E-state index in [9.17, 15) is 22.4 Å². The molecule has 3 aliphatic heterocycles. The van der Waals surface area contributed by atoms with Crippen LogP contribution in [-0.2, 0) is 11.0 Å². The zero-order valence-corrected chi connectivity index (χ0v) is 14.7. The Morgan fingerprint density at radius 1 is 1.14 bits per heavy atom. The van der Waals surface area contributed by atoms with E-state index in [-0.39, 0.29) is 36.2 Å². The fourth-order valence-corrected chi connectivity index (χ4v) is 3.71. The van der Waals surface area contributed by atoms with Crippen molar-refractivity contribution in [3.05, 3.63) is 48.2 Å². The minimum atomic E-state index is -4.51. The largest absolute Gasteiger partial charge is 0.433 e. The van der Waals surface area contributed by atoms with Crippen LogP contribution in [0.1, 0.15) is 12.1 Å². The number of carbonyl (C=O) groups excluding carboxylic acids is 1. The lowest BCUT2D eigenvalue weighted by molar-refractivity contribution is -0.141. The SMILES string of the molecule is O=C(CN1C2CC1CN(c1cc(C(F)(F)F)ncn1)C2)Nc1ccc(F)cc1. The Morgan fingerprint density at radius 3 is 2.46 bits per heavy atom. The highest BCUT2D eigenvalue weighted by molar-refractivity contribution is 5.92. The Kier molecular flexibility index (Phi) is 4.66. The van der Waals surface area contributed by atoms with E-state index < -0.39 is 11.9 Å². The summed E-state index contributed by atoms with van der Waals surface area (Å²) in [4.78, 5) is 23.3. The van der Waals surface area contributed by atoms with Crippen LogP contribution in [0.3, 0.4) is 0 Å². The number of hydrogen-bond acceptors (Lipinski definition) is 5. The number of hydrogen-bond donors (Lipinski definition) is 1. The maximum absolute atomic E-state index is 12.9. The molecule has 5 rings (SSSR count). The van der Waals surface area contributed by atoms with Gasteiger partial charge in [0, 0.05) is 36.9 Å². The van der Waals surface area contributed by atoms with Gasteiger partial charge in [-0.2, -0.15) is 13.2 Å². The summed E-state index contributed by atoms with van der Waals surface area (Å²) in [5.74, 6) is -0.350. The minimum absolute atomic E-state index is 0.0713. The van der Waals surface area contributed by atoms with E-state index in [1.165, 1.54) is 24.3 Å². The quantitative estimate of drug-likeness (QED) is 0.807. The Morgan fingerprint density at radius 2 is 1.82 bits per heavy atom. The monoisotopic (exact) mass is 395 g/mol. The summed E-state index contributed by atoms with van der Waals surface area (Å²) < 4.78 is 51.5. The average Bonchev–Trinajstić information content (AvgIpc) is 2.67. The van der Waals surface area contributed by atoms with Crippen LogP contribution in [-0.4, -0.2) is 52.5 Å². The molecule has 6 nitrogen and oxygen atoms in total. The van der Waals surface area contributed by atoms with Gasteiger partial charge in [0.2, 0.25) is 5.91 Å². The molecule has 1 aromatic carbocycles. The number of halogens is 4. The highest BCUT2D eigenvalue weighted by atomic mass is 19.4. The molecule has 0 spiro atoms. The van der Waals surface area contributed by atoms with E-state index in [0.717, 1.165) is 18.8 Å². The lowest BCUT2D eigenvalue weighted by Crippen LogP contribution is -2.69. The standard InChI is InChI=1S/C18H17F4N5O/c19-11-1-3-12(4-2-11)25-17(28)9-27-13-5-14(27)8-26(7-13)16-6-15(18(20,21)22)23-10-24-16/h1-4,6,10,13-14H,5,7-9H2,(H,25,28). The zero-order chi connectivity index (χ0) is 19.9.